The van der Waals surface area contributed by atoms with Crippen molar-refractivity contribution in [1.82, 2.24) is 0 Å². The Morgan fingerprint density at radius 1 is 0.583 bits per heavy atom. The van der Waals surface area contributed by atoms with Gasteiger partial charge in [-0.05, 0) is 25.7 Å². The molecule has 0 radical (unpaired) electrons. The molecule has 0 spiro atoms. The fraction of sp³-hybridized carbons (Fsp3) is 1.00. The Morgan fingerprint density at radius 2 is 0.833 bits per heavy atom. The van der Waals surface area contributed by atoms with Crippen molar-refractivity contribution in [2.75, 3.05) is 11.5 Å². The Morgan fingerprint density at radius 3 is 1.04 bits per heavy atom. The van der Waals surface area contributed by atoms with E-state index in [1.807, 2.05) is 27.7 Å². The highest BCUT2D eigenvalue weighted by atomic mass is 32.2. The predicted molar refractivity (Wildman–Crippen MR) is 97.0 cm³/mol. The molecule has 0 aromatic rings. The summed E-state index contributed by atoms with van der Waals surface area (Å²) in [6, 6.07) is 0. The van der Waals surface area contributed by atoms with Crippen molar-refractivity contribution in [2.24, 2.45) is 0 Å². The van der Waals surface area contributed by atoms with Gasteiger partial charge in [-0.1, -0.05) is 53.4 Å². The van der Waals surface area contributed by atoms with Gasteiger partial charge in [-0.2, -0.15) is 16.8 Å². The second-order valence-corrected chi connectivity index (χ2v) is 9.55. The number of hydrogen-bond donors (Lipinski definition) is 0. The van der Waals surface area contributed by atoms with Crippen molar-refractivity contribution < 1.29 is 25.2 Å². The van der Waals surface area contributed by atoms with E-state index in [0.29, 0.717) is 25.7 Å². The monoisotopic (exact) mass is 386 g/mol. The first-order valence-corrected chi connectivity index (χ1v) is 12.2. The maximum Gasteiger partial charge on any atom is 0.268 e. The summed E-state index contributed by atoms with van der Waals surface area (Å²) in [6.07, 6.45) is 5.10. The first-order valence-electron chi connectivity index (χ1n) is 9.01. The van der Waals surface area contributed by atoms with Crippen molar-refractivity contribution >= 4 is 20.2 Å². The van der Waals surface area contributed by atoms with Crippen LogP contribution >= 0.6 is 0 Å². The van der Waals surface area contributed by atoms with E-state index >= 15 is 0 Å². The maximum atomic E-state index is 12.0. The van der Waals surface area contributed by atoms with Crippen molar-refractivity contribution in [2.45, 2.75) is 91.3 Å². The zero-order valence-electron chi connectivity index (χ0n) is 15.5. The van der Waals surface area contributed by atoms with Gasteiger partial charge in [0.15, 0.2) is 0 Å². The second kappa shape index (κ2) is 12.2. The molecule has 0 aromatic heterocycles. The molecule has 0 saturated heterocycles. The quantitative estimate of drug-likeness (QED) is 0.400. The fourth-order valence-corrected chi connectivity index (χ4v) is 5.52. The van der Waals surface area contributed by atoms with Gasteiger partial charge in [-0.15, -0.1) is 0 Å². The summed E-state index contributed by atoms with van der Waals surface area (Å²) in [4.78, 5) is 0. The minimum absolute atomic E-state index is 0.374. The van der Waals surface area contributed by atoms with Crippen LogP contribution in [0.25, 0.3) is 0 Å². The molecule has 0 heterocycles. The third kappa shape index (κ3) is 11.4. The van der Waals surface area contributed by atoms with Crippen LogP contribution in [0.5, 0.6) is 0 Å². The van der Waals surface area contributed by atoms with Gasteiger partial charge in [0, 0.05) is 0 Å². The molecule has 0 rings (SSSR count). The van der Waals surface area contributed by atoms with Gasteiger partial charge < -0.3 is 0 Å². The molecule has 0 N–H and O–H groups in total. The Bertz CT molecular complexity index is 453. The van der Waals surface area contributed by atoms with Crippen molar-refractivity contribution in [3.8, 4) is 0 Å². The van der Waals surface area contributed by atoms with Gasteiger partial charge in [-0.25, -0.2) is 0 Å². The van der Waals surface area contributed by atoms with Crippen LogP contribution in [0.3, 0.4) is 0 Å². The molecule has 146 valence electrons. The van der Waals surface area contributed by atoms with Crippen LogP contribution in [0.15, 0.2) is 0 Å². The molecule has 0 aliphatic rings. The average Bonchev–Trinajstić information content (AvgIpc) is 2.46. The van der Waals surface area contributed by atoms with Gasteiger partial charge in [0.1, 0.15) is 0 Å². The fourth-order valence-electron chi connectivity index (χ4n) is 2.48. The van der Waals surface area contributed by atoms with E-state index in [-0.39, 0.29) is 12.2 Å². The van der Waals surface area contributed by atoms with Crippen LogP contribution < -0.4 is 0 Å². The molecule has 0 amide bonds. The topological polar surface area (TPSA) is 86.7 Å². The number of rotatable bonds is 15. The SMILES string of the molecule is CCCC(CCC)OS(=O)(=O)CCS(=O)(=O)OC(CCC)CCC. The molecule has 0 bridgehead atoms. The molecule has 0 aliphatic heterocycles. The number of hydrogen-bond acceptors (Lipinski definition) is 6. The van der Waals surface area contributed by atoms with Gasteiger partial charge in [-0.3, -0.25) is 8.37 Å². The van der Waals surface area contributed by atoms with Crippen molar-refractivity contribution in [1.29, 1.82) is 0 Å². The lowest BCUT2D eigenvalue weighted by Crippen LogP contribution is -2.27. The molecule has 6 nitrogen and oxygen atoms in total. The zero-order valence-corrected chi connectivity index (χ0v) is 17.1. The molecular weight excluding hydrogens is 352 g/mol. The third-order valence-corrected chi connectivity index (χ3v) is 6.39. The Balaban J connectivity index is 4.65. The zero-order chi connectivity index (χ0) is 18.6. The van der Waals surface area contributed by atoms with E-state index in [2.05, 4.69) is 0 Å². The van der Waals surface area contributed by atoms with E-state index in [1.165, 1.54) is 0 Å². The van der Waals surface area contributed by atoms with Crippen LogP contribution in [0.1, 0.15) is 79.1 Å². The van der Waals surface area contributed by atoms with Crippen molar-refractivity contribution in [3.05, 3.63) is 0 Å². The Labute approximate surface area is 148 Å². The van der Waals surface area contributed by atoms with E-state index in [1.54, 1.807) is 0 Å². The van der Waals surface area contributed by atoms with Crippen LogP contribution in [-0.4, -0.2) is 40.5 Å². The third-order valence-electron chi connectivity index (χ3n) is 3.59. The minimum atomic E-state index is -3.88. The lowest BCUT2D eigenvalue weighted by Gasteiger charge is -2.18. The standard InChI is InChI=1S/C16H34O6S2/c1-5-9-15(10-6-2)21-23(17,18)13-14-24(19,20)22-16(11-7-3)12-8-4/h15-16H,5-14H2,1-4H3. The summed E-state index contributed by atoms with van der Waals surface area (Å²) >= 11 is 0. The van der Waals surface area contributed by atoms with Gasteiger partial charge in [0.05, 0.1) is 23.7 Å². The molecule has 8 heteroatoms. The molecule has 0 unspecified atom stereocenters. The van der Waals surface area contributed by atoms with Gasteiger partial charge in [0.2, 0.25) is 0 Å². The summed E-state index contributed by atoms with van der Waals surface area (Å²) in [5.74, 6) is -1.13. The van der Waals surface area contributed by atoms with E-state index < -0.39 is 31.7 Å². The summed E-state index contributed by atoms with van der Waals surface area (Å²) in [5.41, 5.74) is 0. The summed E-state index contributed by atoms with van der Waals surface area (Å²) < 4.78 is 58.5. The van der Waals surface area contributed by atoms with E-state index in [9.17, 15) is 16.8 Å². The Kier molecular flexibility index (Phi) is 12.1. The van der Waals surface area contributed by atoms with Crippen molar-refractivity contribution in [3.63, 3.8) is 0 Å². The Hall–Kier alpha value is -0.180. The van der Waals surface area contributed by atoms with E-state index in [4.69, 9.17) is 8.37 Å². The normalized spacial score (nSPS) is 13.1. The smallest absolute Gasteiger partial charge is 0.267 e. The first-order chi connectivity index (χ1) is 11.2. The van der Waals surface area contributed by atoms with Gasteiger partial charge in [0.25, 0.3) is 20.2 Å². The van der Waals surface area contributed by atoms with Crippen LogP contribution in [0, 0.1) is 0 Å². The molecule has 0 saturated carbocycles. The largest absolute Gasteiger partial charge is 0.268 e. The summed E-state index contributed by atoms with van der Waals surface area (Å²) in [7, 11) is -7.76. The highest BCUT2D eigenvalue weighted by molar-refractivity contribution is 7.90. The molecule has 0 aliphatic carbocycles. The lowest BCUT2D eigenvalue weighted by atomic mass is 10.1. The average molecular weight is 387 g/mol. The van der Waals surface area contributed by atoms with E-state index in [0.717, 1.165) is 25.7 Å². The highest BCUT2D eigenvalue weighted by Gasteiger charge is 2.24. The highest BCUT2D eigenvalue weighted by Crippen LogP contribution is 2.16. The van der Waals surface area contributed by atoms with Crippen LogP contribution in [0.2, 0.25) is 0 Å². The minimum Gasteiger partial charge on any atom is -0.267 e. The molecule has 0 fully saturated rings. The molecular formula is C16H34O6S2. The van der Waals surface area contributed by atoms with Gasteiger partial charge >= 0.3 is 0 Å². The second-order valence-electron chi connectivity index (χ2n) is 6.11. The van der Waals surface area contributed by atoms with Crippen LogP contribution in [-0.2, 0) is 28.6 Å². The summed E-state index contributed by atoms with van der Waals surface area (Å²) in [6.45, 7) is 7.83. The first kappa shape index (κ1) is 23.8. The lowest BCUT2D eigenvalue weighted by molar-refractivity contribution is 0.183. The van der Waals surface area contributed by atoms with Crippen LogP contribution in [0.4, 0.5) is 0 Å². The maximum absolute atomic E-state index is 12.0. The predicted octanol–water partition coefficient (Wildman–Crippen LogP) is 3.62. The molecule has 24 heavy (non-hydrogen) atoms. The molecule has 0 atom stereocenters. The summed E-state index contributed by atoms with van der Waals surface area (Å²) in [5, 5.41) is 0. The molecule has 0 aromatic carbocycles.